The Morgan fingerprint density at radius 1 is 0.500 bits per heavy atom. The normalized spacial score (nSPS) is 13.1. The molecule has 40 heavy (non-hydrogen) atoms. The fraction of sp³-hybridized carbons (Fsp3) is 1.00. The number of nitrogens with one attached hydrogen (secondary N) is 2. The summed E-state index contributed by atoms with van der Waals surface area (Å²) < 4.78 is 51.3. The van der Waals surface area contributed by atoms with Crippen molar-refractivity contribution in [3.8, 4) is 0 Å². The van der Waals surface area contributed by atoms with Crippen molar-refractivity contribution in [1.29, 1.82) is 0 Å². The van der Waals surface area contributed by atoms with Crippen LogP contribution >= 0.6 is 0 Å². The van der Waals surface area contributed by atoms with Crippen molar-refractivity contribution >= 4 is 35.9 Å². The van der Waals surface area contributed by atoms with E-state index in [1.807, 2.05) is 20.8 Å². The van der Waals surface area contributed by atoms with Gasteiger partial charge in [-0.15, -0.1) is 0 Å². The lowest BCUT2D eigenvalue weighted by Gasteiger charge is -2.28. The Labute approximate surface area is 250 Å². The van der Waals surface area contributed by atoms with Crippen LogP contribution in [0.15, 0.2) is 0 Å². The molecule has 0 saturated heterocycles. The van der Waals surface area contributed by atoms with E-state index in [1.54, 1.807) is 42.7 Å². The van der Waals surface area contributed by atoms with Gasteiger partial charge in [-0.25, -0.2) is 0 Å². The average molecular weight is 645 g/mol. The van der Waals surface area contributed by atoms with Gasteiger partial charge in [0, 0.05) is 86.4 Å². The standard InChI is InChI=1S/C25H60N2O9Si4/c1-10-34-40(35-11-2,36-12-3)22-16-14-13-15-21-37-25(26-19-17-23-38(28-4,29-5)30-6)27-20-18-24-39(31-7,32-8)33-9/h25-27H,10-24H2,1-9H3. The molecule has 0 aliphatic carbocycles. The summed E-state index contributed by atoms with van der Waals surface area (Å²) in [5.41, 5.74) is 0. The molecule has 11 nitrogen and oxygen atoms in total. The number of hydrogen-bond acceptors (Lipinski definition) is 11. The quantitative estimate of drug-likeness (QED) is 0.0679. The van der Waals surface area contributed by atoms with E-state index in [9.17, 15) is 0 Å². The smallest absolute Gasteiger partial charge is 0.377 e. The van der Waals surface area contributed by atoms with Crippen molar-refractivity contribution in [3.05, 3.63) is 0 Å². The van der Waals surface area contributed by atoms with E-state index < -0.39 is 26.4 Å². The van der Waals surface area contributed by atoms with Crippen LogP contribution in [-0.4, -0.2) is 117 Å². The van der Waals surface area contributed by atoms with Gasteiger partial charge in [-0.05, 0) is 53.1 Å². The minimum Gasteiger partial charge on any atom is -0.377 e. The Hall–Kier alpha value is 0.428. The first-order chi connectivity index (χ1) is 19.3. The summed E-state index contributed by atoms with van der Waals surface area (Å²) in [5.74, 6) is 0.251. The van der Waals surface area contributed by atoms with Gasteiger partial charge in [-0.1, -0.05) is 25.3 Å². The van der Waals surface area contributed by atoms with Gasteiger partial charge in [0.2, 0.25) is 0 Å². The number of hydrogen-bond donors (Lipinski definition) is 2. The largest absolute Gasteiger partial charge is 0.500 e. The van der Waals surface area contributed by atoms with Crippen molar-refractivity contribution < 1.29 is 39.8 Å². The van der Waals surface area contributed by atoms with Gasteiger partial charge < -0.3 is 50.5 Å². The summed E-state index contributed by atoms with van der Waals surface area (Å²) >= 11 is 0. The SMILES string of the molecule is CCO[Si](CCCCCC[Si]C(NCCC[Si](OC)(OC)OC)NCCC[Si](OC)(OC)OC)(OCC)OCC. The molecular formula is C25H60N2O9Si4. The maximum atomic E-state index is 5.99. The fourth-order valence-electron chi connectivity index (χ4n) is 4.50. The Bertz CT molecular complexity index is 519. The van der Waals surface area contributed by atoms with E-state index in [0.29, 0.717) is 19.8 Å². The molecule has 0 heterocycles. The van der Waals surface area contributed by atoms with Crippen molar-refractivity contribution in [1.82, 2.24) is 10.6 Å². The first-order valence-corrected chi connectivity index (χ1v) is 21.8. The van der Waals surface area contributed by atoms with Gasteiger partial charge in [-0.2, -0.15) is 0 Å². The van der Waals surface area contributed by atoms with Gasteiger partial charge in [0.25, 0.3) is 0 Å². The van der Waals surface area contributed by atoms with Crippen LogP contribution in [0.4, 0.5) is 0 Å². The molecule has 0 rings (SSSR count). The van der Waals surface area contributed by atoms with E-state index in [2.05, 4.69) is 10.6 Å². The molecule has 0 fully saturated rings. The maximum absolute atomic E-state index is 5.99. The molecule has 0 atom stereocenters. The summed E-state index contributed by atoms with van der Waals surface area (Å²) in [5, 5.41) is 7.40. The summed E-state index contributed by atoms with van der Waals surface area (Å²) in [6.07, 6.45) is 6.47. The zero-order valence-corrected chi connectivity index (χ0v) is 30.9. The molecule has 240 valence electrons. The molecule has 0 unspecified atom stereocenters. The van der Waals surface area contributed by atoms with Crippen molar-refractivity contribution in [2.24, 2.45) is 0 Å². The first-order valence-electron chi connectivity index (χ1n) is 14.8. The molecule has 0 spiro atoms. The number of unbranched alkanes of at least 4 members (excludes halogenated alkanes) is 3. The lowest BCUT2D eigenvalue weighted by Crippen LogP contribution is -2.49. The van der Waals surface area contributed by atoms with Gasteiger partial charge in [0.1, 0.15) is 0 Å². The van der Waals surface area contributed by atoms with Gasteiger partial charge >= 0.3 is 26.4 Å². The molecule has 2 radical (unpaired) electrons. The van der Waals surface area contributed by atoms with Gasteiger partial charge in [-0.3, -0.25) is 0 Å². The highest BCUT2D eigenvalue weighted by Gasteiger charge is 2.40. The first kappa shape index (κ1) is 40.4. The van der Waals surface area contributed by atoms with E-state index in [0.717, 1.165) is 66.4 Å². The molecule has 0 aromatic heterocycles. The Morgan fingerprint density at radius 3 is 1.25 bits per heavy atom. The highest BCUT2D eigenvalue weighted by atomic mass is 28.4. The topological polar surface area (TPSA) is 107 Å². The molecule has 0 aliphatic heterocycles. The van der Waals surface area contributed by atoms with Crippen molar-refractivity contribution in [3.63, 3.8) is 0 Å². The van der Waals surface area contributed by atoms with Gasteiger partial charge in [0.05, 0.1) is 9.52 Å². The fourth-order valence-corrected chi connectivity index (χ4v) is 11.9. The molecule has 2 N–H and O–H groups in total. The summed E-state index contributed by atoms with van der Waals surface area (Å²) in [4.78, 5) is 0. The monoisotopic (exact) mass is 644 g/mol. The second-order valence-electron chi connectivity index (χ2n) is 9.24. The van der Waals surface area contributed by atoms with Crippen molar-refractivity contribution in [2.75, 3.05) is 75.6 Å². The number of rotatable bonds is 30. The third kappa shape index (κ3) is 16.3. The maximum Gasteiger partial charge on any atom is 0.500 e. The Balaban J connectivity index is 4.67. The molecule has 15 heteroatoms. The Morgan fingerprint density at radius 2 is 0.875 bits per heavy atom. The highest BCUT2D eigenvalue weighted by Crippen LogP contribution is 2.21. The molecule has 0 amide bonds. The average Bonchev–Trinajstić information content (AvgIpc) is 2.97. The Kier molecular flexibility index (Phi) is 25.1. The van der Waals surface area contributed by atoms with Gasteiger partial charge in [0.15, 0.2) is 0 Å². The van der Waals surface area contributed by atoms with Crippen molar-refractivity contribution in [2.45, 2.75) is 89.3 Å². The molecule has 0 bridgehead atoms. The molecule has 0 aromatic carbocycles. The molecular weight excluding hydrogens is 585 g/mol. The zero-order chi connectivity index (χ0) is 30.2. The lowest BCUT2D eigenvalue weighted by atomic mass is 10.2. The zero-order valence-electron chi connectivity index (χ0n) is 26.9. The van der Waals surface area contributed by atoms with Crippen LogP contribution in [0.3, 0.4) is 0 Å². The predicted octanol–water partition coefficient (Wildman–Crippen LogP) is 3.72. The highest BCUT2D eigenvalue weighted by molar-refractivity contribution is 6.61. The second-order valence-corrected chi connectivity index (χ2v) is 19.6. The van der Waals surface area contributed by atoms with Crippen LogP contribution in [0.2, 0.25) is 24.2 Å². The molecule has 0 aromatic rings. The second kappa shape index (κ2) is 24.8. The summed E-state index contributed by atoms with van der Waals surface area (Å²) in [6, 6.07) is 3.62. The van der Waals surface area contributed by atoms with E-state index in [1.165, 1.54) is 18.9 Å². The lowest BCUT2D eigenvalue weighted by molar-refractivity contribution is 0.0706. The minimum atomic E-state index is -2.55. The van der Waals surface area contributed by atoms with Crippen LogP contribution < -0.4 is 10.6 Å². The van der Waals surface area contributed by atoms with Crippen LogP contribution in [0.25, 0.3) is 0 Å². The van der Waals surface area contributed by atoms with Crippen LogP contribution in [-0.2, 0) is 39.8 Å². The van der Waals surface area contributed by atoms with E-state index in [4.69, 9.17) is 39.8 Å². The van der Waals surface area contributed by atoms with Crippen LogP contribution in [0.1, 0.15) is 59.3 Å². The third-order valence-corrected chi connectivity index (χ3v) is 17.0. The van der Waals surface area contributed by atoms with E-state index >= 15 is 0 Å². The van der Waals surface area contributed by atoms with Crippen LogP contribution in [0.5, 0.6) is 0 Å². The van der Waals surface area contributed by atoms with Crippen LogP contribution in [0, 0.1) is 0 Å². The molecule has 0 saturated carbocycles. The minimum absolute atomic E-state index is 0.251. The predicted molar refractivity (Wildman–Crippen MR) is 167 cm³/mol. The summed E-state index contributed by atoms with van der Waals surface area (Å²) in [7, 11) is 3.11. The summed E-state index contributed by atoms with van der Waals surface area (Å²) in [6.45, 7) is 9.65. The van der Waals surface area contributed by atoms with E-state index in [-0.39, 0.29) is 5.79 Å². The molecule has 0 aliphatic rings. The third-order valence-electron chi connectivity index (χ3n) is 6.73.